The lowest BCUT2D eigenvalue weighted by atomic mass is 10.1. The van der Waals surface area contributed by atoms with Gasteiger partial charge in [0.05, 0.1) is 29.5 Å². The van der Waals surface area contributed by atoms with Crippen LogP contribution in [0.15, 0.2) is 75.2 Å². The van der Waals surface area contributed by atoms with Crippen LogP contribution in [0.2, 0.25) is 5.02 Å². The summed E-state index contributed by atoms with van der Waals surface area (Å²) in [6.45, 7) is 0.855. The molecule has 0 atom stereocenters. The third-order valence-electron chi connectivity index (χ3n) is 5.66. The predicted molar refractivity (Wildman–Crippen MR) is 132 cm³/mol. The molecule has 0 unspecified atom stereocenters. The highest BCUT2D eigenvalue weighted by Gasteiger charge is 2.22. The molecule has 0 radical (unpaired) electrons. The Morgan fingerprint density at radius 2 is 2.00 bits per heavy atom. The van der Waals surface area contributed by atoms with Crippen LogP contribution in [0.3, 0.4) is 0 Å². The van der Waals surface area contributed by atoms with Gasteiger partial charge in [-0.25, -0.2) is 4.98 Å². The highest BCUT2D eigenvalue weighted by molar-refractivity contribution is 7.99. The second-order valence-electron chi connectivity index (χ2n) is 7.94. The summed E-state index contributed by atoms with van der Waals surface area (Å²) in [7, 11) is 0. The molecule has 7 nitrogen and oxygen atoms in total. The summed E-state index contributed by atoms with van der Waals surface area (Å²) >= 11 is 7.29. The molecule has 1 aliphatic rings. The average Bonchev–Trinajstić information content (AvgIpc) is 3.51. The summed E-state index contributed by atoms with van der Waals surface area (Å²) in [5.74, 6) is 0.630. The molecule has 1 aliphatic heterocycles. The van der Waals surface area contributed by atoms with Gasteiger partial charge < -0.3 is 9.32 Å². The third-order valence-corrected chi connectivity index (χ3v) is 6.87. The van der Waals surface area contributed by atoms with E-state index in [0.29, 0.717) is 45.4 Å². The Balaban J connectivity index is 1.43. The Morgan fingerprint density at radius 3 is 2.76 bits per heavy atom. The SMILES string of the molecule is O=C(CSc1nc2cc(Cl)ccc2c(=O)n1Cc1ccco1)c1cccc(N2CCCC2=O)c1. The molecule has 172 valence electrons. The van der Waals surface area contributed by atoms with Crippen molar-refractivity contribution in [3.8, 4) is 0 Å². The lowest BCUT2D eigenvalue weighted by molar-refractivity contribution is -0.117. The molecular formula is C25H20ClN3O4S. The summed E-state index contributed by atoms with van der Waals surface area (Å²) in [4.78, 5) is 44.7. The molecule has 0 aliphatic carbocycles. The number of aromatic nitrogens is 2. The van der Waals surface area contributed by atoms with Crippen LogP contribution in [-0.2, 0) is 11.3 Å². The summed E-state index contributed by atoms with van der Waals surface area (Å²) in [5, 5.41) is 1.31. The first-order valence-electron chi connectivity index (χ1n) is 10.8. The molecule has 34 heavy (non-hydrogen) atoms. The Kier molecular flexibility index (Phi) is 6.26. The maximum absolute atomic E-state index is 13.2. The van der Waals surface area contributed by atoms with E-state index in [-0.39, 0.29) is 29.5 Å². The fourth-order valence-corrected chi connectivity index (χ4v) is 5.02. The minimum atomic E-state index is -0.234. The summed E-state index contributed by atoms with van der Waals surface area (Å²) in [5.41, 5.74) is 1.47. The highest BCUT2D eigenvalue weighted by atomic mass is 35.5. The fourth-order valence-electron chi connectivity index (χ4n) is 3.96. The van der Waals surface area contributed by atoms with Gasteiger partial charge in [-0.05, 0) is 48.9 Å². The van der Waals surface area contributed by atoms with E-state index in [0.717, 1.165) is 12.1 Å². The second-order valence-corrected chi connectivity index (χ2v) is 9.32. The van der Waals surface area contributed by atoms with Gasteiger partial charge in [0.1, 0.15) is 5.76 Å². The van der Waals surface area contributed by atoms with Crippen LogP contribution in [0.4, 0.5) is 5.69 Å². The molecule has 0 spiro atoms. The summed E-state index contributed by atoms with van der Waals surface area (Å²) in [6, 6.07) is 15.6. The van der Waals surface area contributed by atoms with Gasteiger partial charge in [0, 0.05) is 29.2 Å². The number of hydrogen-bond donors (Lipinski definition) is 0. The van der Waals surface area contributed by atoms with E-state index in [1.54, 1.807) is 59.7 Å². The van der Waals surface area contributed by atoms with Crippen LogP contribution in [0.25, 0.3) is 10.9 Å². The van der Waals surface area contributed by atoms with E-state index in [4.69, 9.17) is 16.0 Å². The van der Waals surface area contributed by atoms with E-state index < -0.39 is 0 Å². The number of rotatable bonds is 7. The maximum atomic E-state index is 13.2. The van der Waals surface area contributed by atoms with E-state index in [1.165, 1.54) is 16.3 Å². The lowest BCUT2D eigenvalue weighted by Crippen LogP contribution is -2.24. The lowest BCUT2D eigenvalue weighted by Gasteiger charge is -2.16. The first-order chi connectivity index (χ1) is 16.5. The maximum Gasteiger partial charge on any atom is 0.262 e. The molecule has 1 fully saturated rings. The summed E-state index contributed by atoms with van der Waals surface area (Å²) < 4.78 is 6.93. The molecule has 1 saturated heterocycles. The number of hydrogen-bond acceptors (Lipinski definition) is 6. The fraction of sp³-hybridized carbons (Fsp3) is 0.200. The van der Waals surface area contributed by atoms with Crippen LogP contribution in [-0.4, -0.2) is 33.5 Å². The van der Waals surface area contributed by atoms with Gasteiger partial charge in [-0.2, -0.15) is 0 Å². The van der Waals surface area contributed by atoms with E-state index in [9.17, 15) is 14.4 Å². The molecule has 2 aromatic carbocycles. The van der Waals surface area contributed by atoms with Crippen molar-refractivity contribution in [1.82, 2.24) is 9.55 Å². The van der Waals surface area contributed by atoms with Crippen LogP contribution in [0.1, 0.15) is 29.0 Å². The zero-order valence-corrected chi connectivity index (χ0v) is 19.6. The highest BCUT2D eigenvalue weighted by Crippen LogP contribution is 2.25. The third kappa shape index (κ3) is 4.51. The molecule has 0 saturated carbocycles. The number of benzene rings is 2. The number of thioether (sulfide) groups is 1. The molecule has 0 bridgehead atoms. The largest absolute Gasteiger partial charge is 0.467 e. The molecule has 0 N–H and O–H groups in total. The standard InChI is InChI=1S/C25H20ClN3O4S/c26-17-8-9-20-21(13-17)27-25(29(24(20)32)14-19-6-3-11-33-19)34-15-22(30)16-4-1-5-18(12-16)28-10-2-7-23(28)31/h1,3-6,8-9,11-13H,2,7,10,14-15H2. The van der Waals surface area contributed by atoms with Crippen molar-refractivity contribution in [3.63, 3.8) is 0 Å². The number of furan rings is 1. The normalized spacial score (nSPS) is 13.7. The van der Waals surface area contributed by atoms with Crippen molar-refractivity contribution in [2.75, 3.05) is 17.2 Å². The van der Waals surface area contributed by atoms with Crippen LogP contribution in [0.5, 0.6) is 0 Å². The van der Waals surface area contributed by atoms with Crippen molar-refractivity contribution >= 4 is 51.6 Å². The van der Waals surface area contributed by atoms with Gasteiger partial charge in [-0.1, -0.05) is 35.5 Å². The van der Waals surface area contributed by atoms with E-state index >= 15 is 0 Å². The van der Waals surface area contributed by atoms with Crippen LogP contribution < -0.4 is 10.5 Å². The van der Waals surface area contributed by atoms with Crippen LogP contribution in [0, 0.1) is 0 Å². The molecule has 5 rings (SSSR count). The Hall–Kier alpha value is -3.36. The summed E-state index contributed by atoms with van der Waals surface area (Å²) in [6.07, 6.45) is 2.89. The Morgan fingerprint density at radius 1 is 1.12 bits per heavy atom. The predicted octanol–water partition coefficient (Wildman–Crippen LogP) is 4.79. The van der Waals surface area contributed by atoms with Gasteiger partial charge in [0.25, 0.3) is 5.56 Å². The topological polar surface area (TPSA) is 85.4 Å². The Bertz CT molecular complexity index is 1450. The van der Waals surface area contributed by atoms with Gasteiger partial charge in [-0.15, -0.1) is 0 Å². The van der Waals surface area contributed by atoms with Gasteiger partial charge in [-0.3, -0.25) is 19.0 Å². The van der Waals surface area contributed by atoms with Crippen LogP contribution >= 0.6 is 23.4 Å². The Labute approximate surface area is 204 Å². The number of Topliss-reactive ketones (excluding diaryl/α,β-unsaturated/α-hetero) is 1. The monoisotopic (exact) mass is 493 g/mol. The zero-order valence-electron chi connectivity index (χ0n) is 18.1. The molecular weight excluding hydrogens is 474 g/mol. The number of carbonyl (C=O) groups is 2. The van der Waals surface area contributed by atoms with E-state index in [1.807, 2.05) is 6.07 Å². The number of fused-ring (bicyclic) bond motifs is 1. The van der Waals surface area contributed by atoms with Gasteiger partial charge in [0.15, 0.2) is 10.9 Å². The van der Waals surface area contributed by atoms with Gasteiger partial charge >= 0.3 is 0 Å². The van der Waals surface area contributed by atoms with Gasteiger partial charge in [0.2, 0.25) is 5.91 Å². The van der Waals surface area contributed by atoms with Crippen molar-refractivity contribution in [3.05, 3.63) is 87.6 Å². The second kappa shape index (κ2) is 9.48. The molecule has 9 heteroatoms. The molecule has 3 heterocycles. The molecule has 2 aromatic heterocycles. The molecule has 1 amide bonds. The minimum Gasteiger partial charge on any atom is -0.467 e. The number of halogens is 1. The van der Waals surface area contributed by atoms with Crippen molar-refractivity contribution in [1.29, 1.82) is 0 Å². The van der Waals surface area contributed by atoms with Crippen molar-refractivity contribution in [2.24, 2.45) is 0 Å². The number of ketones is 1. The van der Waals surface area contributed by atoms with Crippen molar-refractivity contribution in [2.45, 2.75) is 24.5 Å². The number of carbonyl (C=O) groups excluding carboxylic acids is 2. The first-order valence-corrected chi connectivity index (χ1v) is 12.1. The smallest absolute Gasteiger partial charge is 0.262 e. The van der Waals surface area contributed by atoms with E-state index in [2.05, 4.69) is 4.98 Å². The minimum absolute atomic E-state index is 0.0694. The number of nitrogens with zero attached hydrogens (tertiary/aromatic N) is 3. The number of anilines is 1. The quantitative estimate of drug-likeness (QED) is 0.209. The first kappa shape index (κ1) is 22.4. The van der Waals surface area contributed by atoms with Crippen molar-refractivity contribution < 1.29 is 14.0 Å². The number of amides is 1. The zero-order chi connectivity index (χ0) is 23.7. The average molecular weight is 494 g/mol. The molecule has 4 aromatic rings.